The number of hydrogen-bond donors (Lipinski definition) is 0. The lowest BCUT2D eigenvalue weighted by molar-refractivity contribution is -0.146. The molecule has 0 amide bonds. The second-order valence-corrected chi connectivity index (χ2v) is 5.10. The molecule has 5 nitrogen and oxygen atoms in total. The fourth-order valence-corrected chi connectivity index (χ4v) is 2.60. The molecule has 19 heavy (non-hydrogen) atoms. The molecule has 2 heterocycles. The van der Waals surface area contributed by atoms with Crippen LogP contribution in [0, 0.1) is 11.8 Å². The van der Waals surface area contributed by atoms with Crippen LogP contribution in [0.1, 0.15) is 6.92 Å². The van der Waals surface area contributed by atoms with Crippen molar-refractivity contribution in [3.63, 3.8) is 0 Å². The summed E-state index contributed by atoms with van der Waals surface area (Å²) >= 11 is 0. The van der Waals surface area contributed by atoms with Crippen LogP contribution in [0.5, 0.6) is 0 Å². The quantitative estimate of drug-likeness (QED) is 0.747. The average Bonchev–Trinajstić information content (AvgIpc) is 2.78. The van der Waals surface area contributed by atoms with Crippen LogP contribution in [0.4, 0.5) is 0 Å². The molecule has 0 spiro atoms. The van der Waals surface area contributed by atoms with Crippen LogP contribution in [-0.2, 0) is 16.1 Å². The van der Waals surface area contributed by atoms with E-state index in [-0.39, 0.29) is 17.4 Å². The number of aromatic nitrogens is 1. The Bertz CT molecular complexity index is 497. The summed E-state index contributed by atoms with van der Waals surface area (Å²) < 4.78 is 6.50. The SMILES string of the molecule is COC(=O)C1CN(CCn2ccccc2=O)CC1C. The Balaban J connectivity index is 1.90. The van der Waals surface area contributed by atoms with Crippen molar-refractivity contribution < 1.29 is 9.53 Å². The van der Waals surface area contributed by atoms with Gasteiger partial charge in [-0.15, -0.1) is 0 Å². The summed E-state index contributed by atoms with van der Waals surface area (Å²) in [5, 5.41) is 0. The number of hydrogen-bond acceptors (Lipinski definition) is 4. The second kappa shape index (κ2) is 6.02. The van der Waals surface area contributed by atoms with E-state index in [1.807, 2.05) is 6.07 Å². The van der Waals surface area contributed by atoms with Gasteiger partial charge < -0.3 is 14.2 Å². The highest BCUT2D eigenvalue weighted by molar-refractivity contribution is 5.73. The summed E-state index contributed by atoms with van der Waals surface area (Å²) in [4.78, 5) is 25.4. The molecule has 0 N–H and O–H groups in total. The topological polar surface area (TPSA) is 51.5 Å². The van der Waals surface area contributed by atoms with Gasteiger partial charge in [-0.05, 0) is 12.0 Å². The second-order valence-electron chi connectivity index (χ2n) is 5.10. The van der Waals surface area contributed by atoms with E-state index in [2.05, 4.69) is 11.8 Å². The lowest BCUT2D eigenvalue weighted by atomic mass is 9.99. The van der Waals surface area contributed by atoms with Crippen LogP contribution in [-0.4, -0.2) is 42.2 Å². The Morgan fingerprint density at radius 3 is 2.84 bits per heavy atom. The largest absolute Gasteiger partial charge is 0.469 e. The van der Waals surface area contributed by atoms with Crippen LogP contribution in [0.2, 0.25) is 0 Å². The minimum absolute atomic E-state index is 0.0132. The molecule has 1 fully saturated rings. The molecule has 0 aliphatic carbocycles. The summed E-state index contributed by atoms with van der Waals surface area (Å²) in [6.07, 6.45) is 1.79. The standard InChI is InChI=1S/C14H20N2O3/c1-11-9-15(10-12(11)14(18)19-2)7-8-16-6-4-3-5-13(16)17/h3-6,11-12H,7-10H2,1-2H3. The summed E-state index contributed by atoms with van der Waals surface area (Å²) in [6.45, 7) is 5.09. The molecule has 0 aromatic carbocycles. The first-order valence-electron chi connectivity index (χ1n) is 6.57. The molecule has 2 atom stereocenters. The Morgan fingerprint density at radius 2 is 2.16 bits per heavy atom. The van der Waals surface area contributed by atoms with Crippen LogP contribution >= 0.6 is 0 Å². The maximum atomic E-state index is 11.6. The van der Waals surface area contributed by atoms with Gasteiger partial charge in [0, 0.05) is 38.4 Å². The van der Waals surface area contributed by atoms with Crippen molar-refractivity contribution in [2.75, 3.05) is 26.7 Å². The van der Waals surface area contributed by atoms with E-state index < -0.39 is 0 Å². The van der Waals surface area contributed by atoms with Crippen molar-refractivity contribution in [1.82, 2.24) is 9.47 Å². The molecule has 1 aliphatic heterocycles. The third-order valence-corrected chi connectivity index (χ3v) is 3.75. The molecule has 1 aromatic heterocycles. The van der Waals surface area contributed by atoms with Gasteiger partial charge in [-0.3, -0.25) is 9.59 Å². The highest BCUT2D eigenvalue weighted by Gasteiger charge is 2.35. The smallest absolute Gasteiger partial charge is 0.310 e. The Hall–Kier alpha value is -1.62. The zero-order valence-electron chi connectivity index (χ0n) is 11.4. The number of rotatable bonds is 4. The summed E-state index contributed by atoms with van der Waals surface area (Å²) in [6, 6.07) is 5.15. The summed E-state index contributed by atoms with van der Waals surface area (Å²) in [5.41, 5.74) is 0.0132. The van der Waals surface area contributed by atoms with E-state index in [4.69, 9.17) is 4.74 Å². The van der Waals surface area contributed by atoms with Gasteiger partial charge >= 0.3 is 5.97 Å². The lowest BCUT2D eigenvalue weighted by Gasteiger charge is -2.16. The molecule has 1 aliphatic rings. The van der Waals surface area contributed by atoms with E-state index in [9.17, 15) is 9.59 Å². The molecule has 0 saturated carbocycles. The van der Waals surface area contributed by atoms with Crippen LogP contribution in [0.25, 0.3) is 0 Å². The third-order valence-electron chi connectivity index (χ3n) is 3.75. The van der Waals surface area contributed by atoms with Gasteiger partial charge in [0.2, 0.25) is 0 Å². The van der Waals surface area contributed by atoms with Crippen LogP contribution in [0.3, 0.4) is 0 Å². The van der Waals surface area contributed by atoms with E-state index >= 15 is 0 Å². The number of methoxy groups -OCH3 is 1. The number of pyridine rings is 1. The van der Waals surface area contributed by atoms with E-state index in [0.717, 1.165) is 19.6 Å². The number of carbonyl (C=O) groups excluding carboxylic acids is 1. The molecule has 1 aromatic rings. The molecule has 2 rings (SSSR count). The fourth-order valence-electron chi connectivity index (χ4n) is 2.60. The summed E-state index contributed by atoms with van der Waals surface area (Å²) in [5.74, 6) is 0.129. The van der Waals surface area contributed by atoms with Gasteiger partial charge in [0.1, 0.15) is 0 Å². The van der Waals surface area contributed by atoms with Crippen molar-refractivity contribution in [1.29, 1.82) is 0 Å². The first kappa shape index (κ1) is 13.8. The lowest BCUT2D eigenvalue weighted by Crippen LogP contribution is -2.30. The van der Waals surface area contributed by atoms with Crippen molar-refractivity contribution in [3.05, 3.63) is 34.7 Å². The predicted octanol–water partition coefficient (Wildman–Crippen LogP) is 0.589. The molecule has 0 bridgehead atoms. The monoisotopic (exact) mass is 264 g/mol. The molecule has 1 saturated heterocycles. The van der Waals surface area contributed by atoms with Gasteiger partial charge in [0.15, 0.2) is 0 Å². The molecular weight excluding hydrogens is 244 g/mol. The van der Waals surface area contributed by atoms with Gasteiger partial charge in [0.25, 0.3) is 5.56 Å². The average molecular weight is 264 g/mol. The first-order valence-corrected chi connectivity index (χ1v) is 6.57. The number of likely N-dealkylation sites (tertiary alicyclic amines) is 1. The van der Waals surface area contributed by atoms with E-state index in [0.29, 0.717) is 12.5 Å². The third kappa shape index (κ3) is 3.23. The Labute approximate surface area is 112 Å². The van der Waals surface area contributed by atoms with Crippen molar-refractivity contribution in [3.8, 4) is 0 Å². The van der Waals surface area contributed by atoms with Crippen molar-refractivity contribution in [2.45, 2.75) is 13.5 Å². The highest BCUT2D eigenvalue weighted by atomic mass is 16.5. The van der Waals surface area contributed by atoms with Crippen LogP contribution in [0.15, 0.2) is 29.2 Å². The Kier molecular flexibility index (Phi) is 4.37. The minimum Gasteiger partial charge on any atom is -0.469 e. The molecular formula is C14H20N2O3. The maximum absolute atomic E-state index is 11.6. The van der Waals surface area contributed by atoms with E-state index in [1.165, 1.54) is 7.11 Å². The first-order chi connectivity index (χ1) is 9.11. The fraction of sp³-hybridized carbons (Fsp3) is 0.571. The number of ether oxygens (including phenoxy) is 1. The maximum Gasteiger partial charge on any atom is 0.310 e. The van der Waals surface area contributed by atoms with Crippen molar-refractivity contribution >= 4 is 5.97 Å². The zero-order valence-corrected chi connectivity index (χ0v) is 11.4. The zero-order chi connectivity index (χ0) is 13.8. The number of carbonyl (C=O) groups is 1. The van der Waals surface area contributed by atoms with Gasteiger partial charge in [-0.1, -0.05) is 13.0 Å². The highest BCUT2D eigenvalue weighted by Crippen LogP contribution is 2.23. The molecule has 2 unspecified atom stereocenters. The molecule has 0 radical (unpaired) electrons. The number of esters is 1. The molecule has 104 valence electrons. The van der Waals surface area contributed by atoms with Gasteiger partial charge in [-0.25, -0.2) is 0 Å². The van der Waals surface area contributed by atoms with Gasteiger partial charge in [-0.2, -0.15) is 0 Å². The van der Waals surface area contributed by atoms with Crippen LogP contribution < -0.4 is 5.56 Å². The summed E-state index contributed by atoms with van der Waals surface area (Å²) in [7, 11) is 1.43. The van der Waals surface area contributed by atoms with Gasteiger partial charge in [0.05, 0.1) is 13.0 Å². The minimum atomic E-state index is -0.133. The normalized spacial score (nSPS) is 23.5. The van der Waals surface area contributed by atoms with E-state index in [1.54, 1.807) is 22.9 Å². The van der Waals surface area contributed by atoms with Crippen molar-refractivity contribution in [2.24, 2.45) is 11.8 Å². The Morgan fingerprint density at radius 1 is 1.37 bits per heavy atom. The number of nitrogens with zero attached hydrogens (tertiary/aromatic N) is 2. The predicted molar refractivity (Wildman–Crippen MR) is 71.8 cm³/mol. The molecule has 5 heteroatoms.